The van der Waals surface area contributed by atoms with Crippen molar-refractivity contribution >= 4 is 11.8 Å². The van der Waals surface area contributed by atoms with Crippen LogP contribution in [0.3, 0.4) is 0 Å². The van der Waals surface area contributed by atoms with Gasteiger partial charge in [0.15, 0.2) is 11.6 Å². The van der Waals surface area contributed by atoms with E-state index in [4.69, 9.17) is 0 Å². The molecule has 0 saturated carbocycles. The molecule has 1 atom stereocenters. The van der Waals surface area contributed by atoms with Crippen LogP contribution in [-0.2, 0) is 0 Å². The average Bonchev–Trinajstić information content (AvgIpc) is 2.64. The van der Waals surface area contributed by atoms with Gasteiger partial charge in [-0.3, -0.25) is 0 Å². The van der Waals surface area contributed by atoms with Crippen LogP contribution in [0.5, 0.6) is 0 Å². The second-order valence-corrected chi connectivity index (χ2v) is 4.72. The van der Waals surface area contributed by atoms with Gasteiger partial charge >= 0.3 is 0 Å². The summed E-state index contributed by atoms with van der Waals surface area (Å²) in [6, 6.07) is 0.390. The monoisotopic (exact) mass is 252 g/mol. The predicted octanol–water partition coefficient (Wildman–Crippen LogP) is 2.82. The van der Waals surface area contributed by atoms with Crippen LogP contribution in [0.4, 0.5) is 16.2 Å². The minimum Gasteiger partial charge on any atom is -0.357 e. The Balaban J connectivity index is 2.31. The maximum absolute atomic E-state index is 13.9. The van der Waals surface area contributed by atoms with Crippen LogP contribution in [0.15, 0.2) is 6.20 Å². The first kappa shape index (κ1) is 13.1. The molecule has 1 aliphatic rings. The van der Waals surface area contributed by atoms with Crippen LogP contribution in [0.2, 0.25) is 0 Å². The van der Waals surface area contributed by atoms with Gasteiger partial charge in [0.05, 0.1) is 6.20 Å². The summed E-state index contributed by atoms with van der Waals surface area (Å²) in [4.78, 5) is 10.3. The standard InChI is InChI=1S/C13H21FN4/c1-3-10-7-5-4-6-8-18(10)12-11(14)9-16-13(15-2)17-12/h9-10H,3-8H2,1-2H3,(H,15,16,17). The van der Waals surface area contributed by atoms with Gasteiger partial charge in [-0.1, -0.05) is 19.8 Å². The van der Waals surface area contributed by atoms with Crippen molar-refractivity contribution in [2.24, 2.45) is 0 Å². The minimum absolute atomic E-state index is 0.325. The van der Waals surface area contributed by atoms with Crippen molar-refractivity contribution < 1.29 is 4.39 Å². The Kier molecular flexibility index (Phi) is 4.33. The van der Waals surface area contributed by atoms with Crippen molar-refractivity contribution in [1.82, 2.24) is 9.97 Å². The van der Waals surface area contributed by atoms with E-state index in [9.17, 15) is 4.39 Å². The number of hydrogen-bond acceptors (Lipinski definition) is 4. The van der Waals surface area contributed by atoms with E-state index in [1.54, 1.807) is 7.05 Å². The second-order valence-electron chi connectivity index (χ2n) is 4.72. The summed E-state index contributed by atoms with van der Waals surface area (Å²) in [5.74, 6) is 0.600. The summed E-state index contributed by atoms with van der Waals surface area (Å²) in [5, 5.41) is 2.87. The number of nitrogens with one attached hydrogen (secondary N) is 1. The van der Waals surface area contributed by atoms with Crippen molar-refractivity contribution in [1.29, 1.82) is 0 Å². The molecule has 0 radical (unpaired) electrons. The van der Waals surface area contributed by atoms with Crippen LogP contribution < -0.4 is 10.2 Å². The number of nitrogens with zero attached hydrogens (tertiary/aromatic N) is 3. The molecule has 0 aliphatic carbocycles. The van der Waals surface area contributed by atoms with Crippen LogP contribution in [0.25, 0.3) is 0 Å². The lowest BCUT2D eigenvalue weighted by molar-refractivity contribution is 0.531. The molecular weight excluding hydrogens is 231 g/mol. The van der Waals surface area contributed by atoms with E-state index >= 15 is 0 Å². The highest BCUT2D eigenvalue weighted by molar-refractivity contribution is 5.44. The largest absolute Gasteiger partial charge is 0.357 e. The van der Waals surface area contributed by atoms with E-state index in [-0.39, 0.29) is 5.82 Å². The third-order valence-electron chi connectivity index (χ3n) is 3.57. The molecule has 0 aromatic carbocycles. The fourth-order valence-electron chi connectivity index (χ4n) is 2.56. The van der Waals surface area contributed by atoms with Crippen LogP contribution >= 0.6 is 0 Å². The zero-order valence-electron chi connectivity index (χ0n) is 11.1. The normalized spacial score (nSPS) is 20.6. The first-order valence-corrected chi connectivity index (χ1v) is 6.73. The molecule has 0 spiro atoms. The van der Waals surface area contributed by atoms with Crippen molar-refractivity contribution in [3.05, 3.63) is 12.0 Å². The second kappa shape index (κ2) is 5.98. The highest BCUT2D eigenvalue weighted by Gasteiger charge is 2.23. The van der Waals surface area contributed by atoms with Gasteiger partial charge in [-0.05, 0) is 19.3 Å². The molecule has 100 valence electrons. The summed E-state index contributed by atoms with van der Waals surface area (Å²) in [7, 11) is 1.75. The predicted molar refractivity (Wildman–Crippen MR) is 71.4 cm³/mol. The summed E-state index contributed by atoms with van der Waals surface area (Å²) >= 11 is 0. The Morgan fingerprint density at radius 2 is 2.28 bits per heavy atom. The van der Waals surface area contributed by atoms with E-state index in [2.05, 4.69) is 27.1 Å². The Hall–Kier alpha value is -1.39. The molecule has 1 unspecified atom stereocenters. The van der Waals surface area contributed by atoms with E-state index in [1.807, 2.05) is 0 Å². The first-order valence-electron chi connectivity index (χ1n) is 6.73. The van der Waals surface area contributed by atoms with Gasteiger partial charge in [0, 0.05) is 19.6 Å². The molecule has 1 aromatic heterocycles. The zero-order valence-corrected chi connectivity index (χ0v) is 11.1. The molecule has 0 bridgehead atoms. The minimum atomic E-state index is -0.325. The Bertz CT molecular complexity index is 397. The van der Waals surface area contributed by atoms with Crippen LogP contribution in [0.1, 0.15) is 39.0 Å². The van der Waals surface area contributed by atoms with E-state index in [0.717, 1.165) is 25.8 Å². The molecular formula is C13H21FN4. The molecule has 1 aromatic rings. The molecule has 2 heterocycles. The summed E-state index contributed by atoms with van der Waals surface area (Å²) in [5.41, 5.74) is 0. The highest BCUT2D eigenvalue weighted by Crippen LogP contribution is 2.26. The fraction of sp³-hybridized carbons (Fsp3) is 0.692. The van der Waals surface area contributed by atoms with E-state index in [0.29, 0.717) is 17.8 Å². The van der Waals surface area contributed by atoms with Crippen molar-refractivity contribution in [3.63, 3.8) is 0 Å². The lowest BCUT2D eigenvalue weighted by atomic mass is 10.1. The molecule has 1 saturated heterocycles. The SMILES string of the molecule is CCC1CCCCCN1c1nc(NC)ncc1F. The molecule has 18 heavy (non-hydrogen) atoms. The van der Waals surface area contributed by atoms with E-state index in [1.165, 1.54) is 19.0 Å². The number of rotatable bonds is 3. The number of anilines is 2. The molecule has 1 aliphatic heterocycles. The van der Waals surface area contributed by atoms with Crippen molar-refractivity contribution in [3.8, 4) is 0 Å². The van der Waals surface area contributed by atoms with Gasteiger partial charge in [0.25, 0.3) is 0 Å². The third-order valence-corrected chi connectivity index (χ3v) is 3.57. The quantitative estimate of drug-likeness (QED) is 0.898. The topological polar surface area (TPSA) is 41.1 Å². The summed E-state index contributed by atoms with van der Waals surface area (Å²) in [6.07, 6.45) is 6.95. The number of aromatic nitrogens is 2. The van der Waals surface area contributed by atoms with Gasteiger partial charge in [0.1, 0.15) is 0 Å². The molecule has 1 fully saturated rings. The molecule has 4 nitrogen and oxygen atoms in total. The lowest BCUT2D eigenvalue weighted by Crippen LogP contribution is -2.36. The van der Waals surface area contributed by atoms with Gasteiger partial charge in [-0.15, -0.1) is 0 Å². The third kappa shape index (κ3) is 2.71. The molecule has 5 heteroatoms. The fourth-order valence-corrected chi connectivity index (χ4v) is 2.56. The van der Waals surface area contributed by atoms with Gasteiger partial charge in [0.2, 0.25) is 5.95 Å². The van der Waals surface area contributed by atoms with Gasteiger partial charge in [-0.25, -0.2) is 9.37 Å². The van der Waals surface area contributed by atoms with Crippen LogP contribution in [0, 0.1) is 5.82 Å². The average molecular weight is 252 g/mol. The van der Waals surface area contributed by atoms with E-state index < -0.39 is 0 Å². The highest BCUT2D eigenvalue weighted by atomic mass is 19.1. The number of halogens is 1. The lowest BCUT2D eigenvalue weighted by Gasteiger charge is -2.30. The van der Waals surface area contributed by atoms with Crippen LogP contribution in [-0.4, -0.2) is 29.6 Å². The Morgan fingerprint density at radius 1 is 1.44 bits per heavy atom. The van der Waals surface area contributed by atoms with Crippen molar-refractivity contribution in [2.75, 3.05) is 23.8 Å². The molecule has 0 amide bonds. The summed E-state index contributed by atoms with van der Waals surface area (Å²) < 4.78 is 13.9. The molecule has 2 rings (SSSR count). The molecule has 1 N–H and O–H groups in total. The smallest absolute Gasteiger partial charge is 0.224 e. The maximum atomic E-state index is 13.9. The Labute approximate surface area is 108 Å². The van der Waals surface area contributed by atoms with Gasteiger partial charge in [-0.2, -0.15) is 4.98 Å². The summed E-state index contributed by atoms with van der Waals surface area (Å²) in [6.45, 7) is 3.04. The first-order chi connectivity index (χ1) is 8.76. The van der Waals surface area contributed by atoms with Gasteiger partial charge < -0.3 is 10.2 Å². The maximum Gasteiger partial charge on any atom is 0.224 e. The number of hydrogen-bond donors (Lipinski definition) is 1. The Morgan fingerprint density at radius 3 is 3.00 bits per heavy atom. The van der Waals surface area contributed by atoms with Crippen molar-refractivity contribution in [2.45, 2.75) is 45.1 Å². The zero-order chi connectivity index (χ0) is 13.0.